The predicted octanol–water partition coefficient (Wildman–Crippen LogP) is 2.31. The van der Waals surface area contributed by atoms with Gasteiger partial charge in [-0.3, -0.25) is 0 Å². The lowest BCUT2D eigenvalue weighted by Gasteiger charge is -2.27. The smallest absolute Gasteiger partial charge is 0.150 e. The highest BCUT2D eigenvalue weighted by atomic mass is 19.1. The molecule has 0 radical (unpaired) electrons. The summed E-state index contributed by atoms with van der Waals surface area (Å²) in [7, 11) is 0. The van der Waals surface area contributed by atoms with E-state index in [1.54, 1.807) is 12.1 Å². The van der Waals surface area contributed by atoms with Crippen LogP contribution in [0.15, 0.2) is 24.3 Å². The van der Waals surface area contributed by atoms with Gasteiger partial charge in [0.2, 0.25) is 0 Å². The number of hydrogen-bond donors (Lipinski definition) is 1. The lowest BCUT2D eigenvalue weighted by Crippen LogP contribution is -2.37. The molecule has 1 aliphatic rings. The molecule has 0 fully saturated rings. The van der Waals surface area contributed by atoms with Crippen LogP contribution < -0.4 is 5.32 Å². The second-order valence-electron chi connectivity index (χ2n) is 5.57. The van der Waals surface area contributed by atoms with Crippen molar-refractivity contribution in [2.24, 2.45) is 5.92 Å². The maximum atomic E-state index is 13.7. The van der Waals surface area contributed by atoms with E-state index in [0.717, 1.165) is 24.7 Å². The van der Waals surface area contributed by atoms with Gasteiger partial charge < -0.3 is 9.88 Å². The minimum Gasteiger partial charge on any atom is -0.312 e. The molecule has 3 rings (SSSR count). The van der Waals surface area contributed by atoms with E-state index >= 15 is 0 Å². The van der Waals surface area contributed by atoms with Crippen molar-refractivity contribution in [2.75, 3.05) is 6.54 Å². The van der Waals surface area contributed by atoms with Crippen molar-refractivity contribution >= 4 is 0 Å². The molecular weight excluding hydrogens is 255 g/mol. The minimum absolute atomic E-state index is 0.181. The van der Waals surface area contributed by atoms with Gasteiger partial charge in [0.05, 0.1) is 6.04 Å². The molecule has 0 spiro atoms. The fourth-order valence-corrected chi connectivity index (χ4v) is 2.72. The Labute approximate surface area is 118 Å². The SMILES string of the molecule is CC(C)C1NCCn2c(Cc3ccccc3F)nnc21. The summed E-state index contributed by atoms with van der Waals surface area (Å²) in [5.41, 5.74) is 0.669. The zero-order valence-corrected chi connectivity index (χ0v) is 11.8. The number of rotatable bonds is 3. The summed E-state index contributed by atoms with van der Waals surface area (Å²) < 4.78 is 15.9. The van der Waals surface area contributed by atoms with Crippen LogP contribution in [0.4, 0.5) is 4.39 Å². The first kappa shape index (κ1) is 13.2. The molecule has 0 aliphatic carbocycles. The summed E-state index contributed by atoms with van der Waals surface area (Å²) in [5.74, 6) is 2.09. The Balaban J connectivity index is 1.91. The second-order valence-corrected chi connectivity index (χ2v) is 5.57. The van der Waals surface area contributed by atoms with Crippen LogP contribution >= 0.6 is 0 Å². The van der Waals surface area contributed by atoms with E-state index < -0.39 is 0 Å². The number of fused-ring (bicyclic) bond motifs is 1. The highest BCUT2D eigenvalue weighted by Crippen LogP contribution is 2.24. The predicted molar refractivity (Wildman–Crippen MR) is 74.8 cm³/mol. The maximum Gasteiger partial charge on any atom is 0.150 e. The molecule has 1 aromatic carbocycles. The van der Waals surface area contributed by atoms with Crippen molar-refractivity contribution in [2.45, 2.75) is 32.9 Å². The fourth-order valence-electron chi connectivity index (χ4n) is 2.72. The van der Waals surface area contributed by atoms with Crippen LogP contribution in [0.2, 0.25) is 0 Å². The van der Waals surface area contributed by atoms with Crippen LogP contribution in [0, 0.1) is 11.7 Å². The van der Waals surface area contributed by atoms with Crippen molar-refractivity contribution in [1.82, 2.24) is 20.1 Å². The molecule has 2 aromatic rings. The molecule has 0 saturated heterocycles. The molecule has 1 aliphatic heterocycles. The number of aromatic nitrogens is 3. The summed E-state index contributed by atoms with van der Waals surface area (Å²) in [5, 5.41) is 12.1. The Kier molecular flexibility index (Phi) is 3.53. The first-order valence-electron chi connectivity index (χ1n) is 7.05. The van der Waals surface area contributed by atoms with Crippen LogP contribution in [0.1, 0.15) is 37.1 Å². The van der Waals surface area contributed by atoms with Gasteiger partial charge in [0.15, 0.2) is 5.82 Å². The lowest BCUT2D eigenvalue weighted by atomic mass is 10.0. The third kappa shape index (κ3) is 2.33. The lowest BCUT2D eigenvalue weighted by molar-refractivity contribution is 0.335. The van der Waals surface area contributed by atoms with Crippen LogP contribution in [-0.4, -0.2) is 21.3 Å². The average Bonchev–Trinajstić information content (AvgIpc) is 2.84. The molecule has 1 N–H and O–H groups in total. The Morgan fingerprint density at radius 2 is 2.15 bits per heavy atom. The van der Waals surface area contributed by atoms with Gasteiger partial charge in [-0.2, -0.15) is 0 Å². The zero-order valence-electron chi connectivity index (χ0n) is 11.8. The largest absolute Gasteiger partial charge is 0.312 e. The number of halogens is 1. The van der Waals surface area contributed by atoms with Crippen molar-refractivity contribution in [3.63, 3.8) is 0 Å². The van der Waals surface area contributed by atoms with E-state index in [1.165, 1.54) is 6.07 Å². The Bertz CT molecular complexity index is 606. The summed E-state index contributed by atoms with van der Waals surface area (Å²) >= 11 is 0. The number of nitrogens with zero attached hydrogens (tertiary/aromatic N) is 3. The van der Waals surface area contributed by atoms with Crippen LogP contribution in [0.5, 0.6) is 0 Å². The van der Waals surface area contributed by atoms with E-state index in [9.17, 15) is 4.39 Å². The minimum atomic E-state index is -0.181. The molecule has 20 heavy (non-hydrogen) atoms. The van der Waals surface area contributed by atoms with E-state index in [0.29, 0.717) is 17.9 Å². The number of nitrogens with one attached hydrogen (secondary N) is 1. The average molecular weight is 274 g/mol. The van der Waals surface area contributed by atoms with E-state index in [1.807, 2.05) is 6.07 Å². The molecule has 1 unspecified atom stereocenters. The number of benzene rings is 1. The Hall–Kier alpha value is -1.75. The van der Waals surface area contributed by atoms with E-state index in [4.69, 9.17) is 0 Å². The Morgan fingerprint density at radius 3 is 2.90 bits per heavy atom. The number of hydrogen-bond acceptors (Lipinski definition) is 3. The molecule has 0 bridgehead atoms. The highest BCUT2D eigenvalue weighted by Gasteiger charge is 2.27. The fraction of sp³-hybridized carbons (Fsp3) is 0.467. The van der Waals surface area contributed by atoms with Gasteiger partial charge in [-0.15, -0.1) is 10.2 Å². The normalized spacial score (nSPS) is 18.3. The molecule has 0 amide bonds. The van der Waals surface area contributed by atoms with Gasteiger partial charge in [-0.25, -0.2) is 4.39 Å². The molecule has 0 saturated carbocycles. The highest BCUT2D eigenvalue weighted by molar-refractivity contribution is 5.22. The monoisotopic (exact) mass is 274 g/mol. The molecule has 1 atom stereocenters. The molecule has 2 heterocycles. The molecular formula is C15H19FN4. The molecule has 1 aromatic heterocycles. The molecule has 4 nitrogen and oxygen atoms in total. The van der Waals surface area contributed by atoms with Crippen molar-refractivity contribution in [3.05, 3.63) is 47.3 Å². The third-order valence-corrected chi connectivity index (χ3v) is 3.81. The maximum absolute atomic E-state index is 13.7. The van der Waals surface area contributed by atoms with Gasteiger partial charge >= 0.3 is 0 Å². The van der Waals surface area contributed by atoms with Crippen LogP contribution in [0.3, 0.4) is 0 Å². The van der Waals surface area contributed by atoms with Gasteiger partial charge in [-0.05, 0) is 17.5 Å². The van der Waals surface area contributed by atoms with Gasteiger partial charge in [0.25, 0.3) is 0 Å². The topological polar surface area (TPSA) is 42.7 Å². The summed E-state index contributed by atoms with van der Waals surface area (Å²) in [4.78, 5) is 0. The van der Waals surface area contributed by atoms with Crippen LogP contribution in [0.25, 0.3) is 0 Å². The summed E-state index contributed by atoms with van der Waals surface area (Å²) in [6.45, 7) is 6.07. The van der Waals surface area contributed by atoms with Crippen molar-refractivity contribution in [3.8, 4) is 0 Å². The third-order valence-electron chi connectivity index (χ3n) is 3.81. The standard InChI is InChI=1S/C15H19FN4/c1-10(2)14-15-19-18-13(20(15)8-7-17-14)9-11-5-3-4-6-12(11)16/h3-6,10,14,17H,7-9H2,1-2H3. The quantitative estimate of drug-likeness (QED) is 0.934. The molecule has 106 valence electrons. The van der Waals surface area contributed by atoms with Gasteiger partial charge in [-0.1, -0.05) is 32.0 Å². The van der Waals surface area contributed by atoms with E-state index in [-0.39, 0.29) is 11.9 Å². The second kappa shape index (κ2) is 5.32. The van der Waals surface area contributed by atoms with Crippen LogP contribution in [-0.2, 0) is 13.0 Å². The van der Waals surface area contributed by atoms with Crippen molar-refractivity contribution < 1.29 is 4.39 Å². The zero-order chi connectivity index (χ0) is 14.1. The van der Waals surface area contributed by atoms with Crippen molar-refractivity contribution in [1.29, 1.82) is 0 Å². The van der Waals surface area contributed by atoms with Gasteiger partial charge in [0.1, 0.15) is 11.6 Å². The molecule has 5 heteroatoms. The first-order chi connectivity index (χ1) is 9.66. The summed E-state index contributed by atoms with van der Waals surface area (Å²) in [6, 6.07) is 7.08. The van der Waals surface area contributed by atoms with E-state index in [2.05, 4.69) is 33.9 Å². The first-order valence-corrected chi connectivity index (χ1v) is 7.05. The van der Waals surface area contributed by atoms with Gasteiger partial charge in [0, 0.05) is 19.5 Å². The summed E-state index contributed by atoms with van der Waals surface area (Å²) in [6.07, 6.45) is 0.491. The Morgan fingerprint density at radius 1 is 1.35 bits per heavy atom.